The number of carbonyl (C=O) groups excluding carboxylic acids is 1. The Hall–Kier alpha value is -2.13. The zero-order valence-electron chi connectivity index (χ0n) is 20.5. The predicted molar refractivity (Wildman–Crippen MR) is 133 cm³/mol. The lowest BCUT2D eigenvalue weighted by Crippen LogP contribution is -2.52. The van der Waals surface area contributed by atoms with Crippen LogP contribution in [0.15, 0.2) is 59.2 Å². The van der Waals surface area contributed by atoms with E-state index in [1.807, 2.05) is 6.08 Å². The van der Waals surface area contributed by atoms with Gasteiger partial charge in [-0.3, -0.25) is 4.79 Å². The van der Waals surface area contributed by atoms with E-state index in [1.54, 1.807) is 5.57 Å². The lowest BCUT2D eigenvalue weighted by molar-refractivity contribution is -0.114. The fourth-order valence-corrected chi connectivity index (χ4v) is 8.42. The minimum absolute atomic E-state index is 0.117. The highest BCUT2D eigenvalue weighted by atomic mass is 16.5. The fraction of sp³-hybridized carbons (Fsp3) is 0.567. The summed E-state index contributed by atoms with van der Waals surface area (Å²) in [6.07, 6.45) is 10.3. The Balaban J connectivity index is 1.51. The molecule has 0 unspecified atom stereocenters. The van der Waals surface area contributed by atoms with E-state index >= 15 is 0 Å². The van der Waals surface area contributed by atoms with Crippen LogP contribution < -0.4 is 4.90 Å². The zero-order chi connectivity index (χ0) is 23.0. The van der Waals surface area contributed by atoms with Crippen LogP contribution >= 0.6 is 0 Å². The molecule has 5 atom stereocenters. The van der Waals surface area contributed by atoms with Gasteiger partial charge >= 0.3 is 0 Å². The van der Waals surface area contributed by atoms with Crippen molar-refractivity contribution < 1.29 is 9.53 Å². The number of anilines is 1. The monoisotopic (exact) mass is 443 g/mol. The van der Waals surface area contributed by atoms with Crippen LogP contribution in [0.1, 0.15) is 69.8 Å². The molecule has 174 valence electrons. The largest absolute Gasteiger partial charge is 0.378 e. The number of ether oxygens (including phenoxy) is 1. The molecule has 6 rings (SSSR count). The van der Waals surface area contributed by atoms with Gasteiger partial charge in [0.25, 0.3) is 0 Å². The molecule has 33 heavy (non-hydrogen) atoms. The van der Waals surface area contributed by atoms with Crippen LogP contribution in [-0.4, -0.2) is 32.1 Å². The van der Waals surface area contributed by atoms with Gasteiger partial charge in [-0.1, -0.05) is 31.2 Å². The van der Waals surface area contributed by atoms with Crippen molar-refractivity contribution in [3.05, 3.63) is 64.8 Å². The van der Waals surface area contributed by atoms with Gasteiger partial charge in [-0.25, -0.2) is 0 Å². The van der Waals surface area contributed by atoms with E-state index in [0.717, 1.165) is 38.7 Å². The molecule has 1 saturated heterocycles. The van der Waals surface area contributed by atoms with Crippen molar-refractivity contribution in [1.29, 1.82) is 0 Å². The zero-order valence-corrected chi connectivity index (χ0v) is 20.5. The van der Waals surface area contributed by atoms with E-state index in [9.17, 15) is 4.79 Å². The lowest BCUT2D eigenvalue weighted by atomic mass is 9.50. The molecule has 0 radical (unpaired) electrons. The third-order valence-electron chi connectivity index (χ3n) is 9.99. The van der Waals surface area contributed by atoms with Crippen molar-refractivity contribution in [2.75, 3.05) is 25.6 Å². The first-order valence-electron chi connectivity index (χ1n) is 12.9. The molecule has 2 saturated carbocycles. The topological polar surface area (TPSA) is 29.5 Å². The van der Waals surface area contributed by atoms with Crippen LogP contribution in [0.25, 0.3) is 0 Å². The van der Waals surface area contributed by atoms with Gasteiger partial charge in [0.15, 0.2) is 5.78 Å². The first-order chi connectivity index (χ1) is 15.8. The van der Waals surface area contributed by atoms with Crippen molar-refractivity contribution in [3.63, 3.8) is 0 Å². The Kier molecular flexibility index (Phi) is 4.82. The first kappa shape index (κ1) is 21.4. The summed E-state index contributed by atoms with van der Waals surface area (Å²) >= 11 is 0. The highest BCUT2D eigenvalue weighted by Crippen LogP contribution is 2.70. The van der Waals surface area contributed by atoms with Crippen LogP contribution in [0.2, 0.25) is 0 Å². The minimum atomic E-state index is -0.145. The molecule has 1 spiro atoms. The van der Waals surface area contributed by atoms with Gasteiger partial charge in [-0.2, -0.15) is 0 Å². The van der Waals surface area contributed by atoms with Crippen molar-refractivity contribution in [3.8, 4) is 0 Å². The van der Waals surface area contributed by atoms with Crippen LogP contribution in [-0.2, 0) is 9.53 Å². The Bertz CT molecular complexity index is 1080. The summed E-state index contributed by atoms with van der Waals surface area (Å²) in [5.74, 6) is 1.95. The van der Waals surface area contributed by atoms with Gasteiger partial charge < -0.3 is 9.64 Å². The fourth-order valence-electron chi connectivity index (χ4n) is 8.42. The number of benzene rings is 1. The molecule has 3 heteroatoms. The number of hydrogen-bond acceptors (Lipinski definition) is 3. The van der Waals surface area contributed by atoms with Gasteiger partial charge in [0, 0.05) is 37.5 Å². The number of allylic oxidation sites excluding steroid dienone is 4. The summed E-state index contributed by atoms with van der Waals surface area (Å²) in [5.41, 5.74) is 8.51. The maximum Gasteiger partial charge on any atom is 0.156 e. The number of hydrogen-bond donors (Lipinski definition) is 0. The summed E-state index contributed by atoms with van der Waals surface area (Å²) in [5, 5.41) is 0. The van der Waals surface area contributed by atoms with E-state index in [2.05, 4.69) is 56.8 Å². The second-order valence-electron chi connectivity index (χ2n) is 11.5. The first-order valence-corrected chi connectivity index (χ1v) is 12.9. The summed E-state index contributed by atoms with van der Waals surface area (Å²) in [7, 11) is 4.20. The molecule has 4 aliphatic carbocycles. The average Bonchev–Trinajstić information content (AvgIpc) is 3.33. The van der Waals surface area contributed by atoms with E-state index in [0.29, 0.717) is 30.0 Å². The van der Waals surface area contributed by atoms with Crippen LogP contribution in [0.5, 0.6) is 0 Å². The quantitative estimate of drug-likeness (QED) is 0.498. The number of carbonyl (C=O) groups is 1. The Labute approximate surface area is 198 Å². The number of rotatable bonds is 2. The average molecular weight is 444 g/mol. The maximum absolute atomic E-state index is 12.2. The molecular formula is C30H37NO2. The lowest BCUT2D eigenvalue weighted by Gasteiger charge is -2.55. The van der Waals surface area contributed by atoms with Gasteiger partial charge in [0.1, 0.15) is 0 Å². The Morgan fingerprint density at radius 2 is 1.85 bits per heavy atom. The van der Waals surface area contributed by atoms with Gasteiger partial charge in [0.05, 0.1) is 12.2 Å². The molecule has 1 aliphatic heterocycles. The second kappa shape index (κ2) is 7.43. The highest BCUT2D eigenvalue weighted by molar-refractivity contribution is 5.93. The van der Waals surface area contributed by atoms with E-state index in [4.69, 9.17) is 4.74 Å². The molecule has 0 amide bonds. The third-order valence-corrected chi connectivity index (χ3v) is 9.99. The van der Waals surface area contributed by atoms with Crippen LogP contribution in [0.3, 0.4) is 0 Å². The molecule has 5 aliphatic rings. The molecule has 3 nitrogen and oxygen atoms in total. The van der Waals surface area contributed by atoms with Crippen molar-refractivity contribution >= 4 is 11.5 Å². The molecule has 1 heterocycles. The maximum atomic E-state index is 12.2. The molecule has 0 aromatic heterocycles. The minimum Gasteiger partial charge on any atom is -0.378 e. The number of ketones is 1. The molecule has 0 bridgehead atoms. The van der Waals surface area contributed by atoms with Crippen molar-refractivity contribution in [2.24, 2.45) is 17.3 Å². The van der Waals surface area contributed by atoms with Gasteiger partial charge in [0.2, 0.25) is 0 Å². The highest BCUT2D eigenvalue weighted by Gasteiger charge is 2.65. The number of fused-ring (bicyclic) bond motifs is 5. The predicted octanol–water partition coefficient (Wildman–Crippen LogP) is 6.37. The SMILES string of the molecule is C=C1CCO[C@]12CC[C@H]1[C@@H]3CCC4=CC(=O)CCC4=C3[C@@H](c3ccc(N(C)C)cc3)C[C@@]12C. The van der Waals surface area contributed by atoms with E-state index < -0.39 is 0 Å². The van der Waals surface area contributed by atoms with Crippen molar-refractivity contribution in [2.45, 2.75) is 69.8 Å². The summed E-state index contributed by atoms with van der Waals surface area (Å²) < 4.78 is 6.64. The smallest absolute Gasteiger partial charge is 0.156 e. The van der Waals surface area contributed by atoms with E-state index in [-0.39, 0.29) is 11.0 Å². The van der Waals surface area contributed by atoms with Crippen molar-refractivity contribution in [1.82, 2.24) is 0 Å². The van der Waals surface area contributed by atoms with Gasteiger partial charge in [-0.05, 0) is 97.3 Å². The Morgan fingerprint density at radius 1 is 1.06 bits per heavy atom. The molecule has 1 aromatic rings. The third kappa shape index (κ3) is 2.94. The molecule has 3 fully saturated rings. The summed E-state index contributed by atoms with van der Waals surface area (Å²) in [6.45, 7) is 7.90. The van der Waals surface area contributed by atoms with Crippen LogP contribution in [0.4, 0.5) is 5.69 Å². The standard InChI is InChI=1S/C30H37NO2/c1-19-14-16-33-30(19)15-13-27-25-11-7-21-17-23(32)10-12-24(21)28(25)26(18-29(27,30)2)20-5-8-22(9-6-20)31(3)4/h5-6,8-9,17,25-27H,1,7,10-16,18H2,2-4H3/t25-,26+,27-,29-,30+/m0/s1. The van der Waals surface area contributed by atoms with Crippen LogP contribution in [0, 0.1) is 17.3 Å². The summed E-state index contributed by atoms with van der Waals surface area (Å²) in [4.78, 5) is 14.4. The molecule has 0 N–H and O–H groups in total. The summed E-state index contributed by atoms with van der Waals surface area (Å²) in [6, 6.07) is 9.24. The Morgan fingerprint density at radius 3 is 2.55 bits per heavy atom. The molecular weight excluding hydrogens is 406 g/mol. The molecule has 1 aromatic carbocycles. The van der Waals surface area contributed by atoms with Gasteiger partial charge in [-0.15, -0.1) is 0 Å². The second-order valence-corrected chi connectivity index (χ2v) is 11.5. The van der Waals surface area contributed by atoms with E-state index in [1.165, 1.54) is 40.8 Å². The number of nitrogens with zero attached hydrogens (tertiary/aromatic N) is 1. The normalized spacial score (nSPS) is 37.7.